The molecule has 4 heterocycles. The van der Waals surface area contributed by atoms with E-state index >= 15 is 14.4 Å². The van der Waals surface area contributed by atoms with Gasteiger partial charge < -0.3 is 25.6 Å². The van der Waals surface area contributed by atoms with Gasteiger partial charge in [0.05, 0.1) is 46.6 Å². The highest BCUT2D eigenvalue weighted by Gasteiger charge is 2.75. The second-order valence-electron chi connectivity index (χ2n) is 16.6. The van der Waals surface area contributed by atoms with E-state index in [0.29, 0.717) is 27.8 Å². The van der Waals surface area contributed by atoms with E-state index in [1.165, 1.54) is 23.5 Å². The summed E-state index contributed by atoms with van der Waals surface area (Å²) in [7, 11) is 0. The number of nitrogens with one attached hydrogen (secondary N) is 2. The van der Waals surface area contributed by atoms with Gasteiger partial charge in [-0.15, -0.1) is 0 Å². The highest BCUT2D eigenvalue weighted by atomic mass is 32.1. The Morgan fingerprint density at radius 3 is 2.18 bits per heavy atom. The van der Waals surface area contributed by atoms with E-state index in [0.717, 1.165) is 20.7 Å². The molecule has 2 fully saturated rings. The summed E-state index contributed by atoms with van der Waals surface area (Å²) in [6, 6.07) is 42.4. The van der Waals surface area contributed by atoms with Gasteiger partial charge in [-0.25, -0.2) is 14.7 Å². The number of fused-ring (bicyclic) bond motifs is 4. The summed E-state index contributed by atoms with van der Waals surface area (Å²) in [4.78, 5) is 70.4. The van der Waals surface area contributed by atoms with Gasteiger partial charge in [-0.05, 0) is 77.2 Å². The van der Waals surface area contributed by atoms with E-state index in [1.54, 1.807) is 30.3 Å². The molecular weight excluding hydrogens is 851 g/mol. The number of hydrogen-bond donors (Lipinski definition) is 4. The van der Waals surface area contributed by atoms with Crippen LogP contribution in [0.2, 0.25) is 0 Å². The molecule has 3 aliphatic heterocycles. The third-order valence-electron chi connectivity index (χ3n) is 12.8. The topological polar surface area (TPSA) is 161 Å². The van der Waals surface area contributed by atoms with Gasteiger partial charge in [-0.2, -0.15) is 0 Å². The van der Waals surface area contributed by atoms with Crippen LogP contribution >= 0.6 is 11.3 Å². The van der Waals surface area contributed by atoms with Crippen molar-refractivity contribution in [3.63, 3.8) is 0 Å². The molecule has 0 bridgehead atoms. The number of aromatic hydroxyl groups is 1. The number of carbonyl (C=O) groups is 4. The zero-order chi connectivity index (χ0) is 45.5. The largest absolute Gasteiger partial charge is 0.508 e. The number of aliphatic hydroxyl groups is 1. The highest BCUT2D eigenvalue weighted by molar-refractivity contribution is 7.22. The van der Waals surface area contributed by atoms with E-state index in [-0.39, 0.29) is 29.6 Å². The van der Waals surface area contributed by atoms with E-state index < -0.39 is 65.4 Å². The number of ether oxygens (including phenoxy) is 1. The van der Waals surface area contributed by atoms with Crippen LogP contribution < -0.4 is 15.5 Å². The van der Waals surface area contributed by atoms with Gasteiger partial charge in [0.25, 0.3) is 0 Å². The van der Waals surface area contributed by atoms with Crippen molar-refractivity contribution in [2.45, 2.75) is 49.0 Å². The number of esters is 1. The van der Waals surface area contributed by atoms with Crippen molar-refractivity contribution in [2.24, 2.45) is 5.92 Å². The van der Waals surface area contributed by atoms with Crippen LogP contribution in [0.15, 0.2) is 158 Å². The maximum absolute atomic E-state index is 16.5. The molecule has 328 valence electrons. The number of cyclic esters (lactones) is 1. The Labute approximate surface area is 384 Å². The van der Waals surface area contributed by atoms with Gasteiger partial charge in [0.2, 0.25) is 11.8 Å². The van der Waals surface area contributed by atoms with E-state index in [9.17, 15) is 15.0 Å². The summed E-state index contributed by atoms with van der Waals surface area (Å²) >= 11 is 1.25. The summed E-state index contributed by atoms with van der Waals surface area (Å²) in [6.07, 6.45) is -0.740. The quantitative estimate of drug-likeness (QED) is 0.0866. The van der Waals surface area contributed by atoms with Crippen molar-refractivity contribution in [2.75, 3.05) is 16.8 Å². The number of anilines is 2. The number of carbonyl (C=O) groups excluding carboxylic acids is 4. The number of amides is 4. The summed E-state index contributed by atoms with van der Waals surface area (Å²) in [5, 5.41) is 26.7. The predicted molar refractivity (Wildman–Crippen MR) is 250 cm³/mol. The normalized spacial score (nSPS) is 22.5. The number of phenolic OH excluding ortho intramolecular Hbond substituents is 1. The van der Waals surface area contributed by atoms with Gasteiger partial charge in [0, 0.05) is 12.0 Å². The number of hydrogen-bond acceptors (Lipinski definition) is 10. The molecule has 12 nitrogen and oxygen atoms in total. The van der Waals surface area contributed by atoms with Gasteiger partial charge in [0.1, 0.15) is 23.3 Å². The van der Waals surface area contributed by atoms with Crippen LogP contribution in [-0.4, -0.2) is 56.6 Å². The third kappa shape index (κ3) is 7.16. The minimum Gasteiger partial charge on any atom is -0.508 e. The second kappa shape index (κ2) is 17.4. The van der Waals surface area contributed by atoms with Crippen molar-refractivity contribution < 1.29 is 34.1 Å². The SMILES string of the molecule is C[C@@H](NC(=O)N1C(=O)[C@@]2(c3cc(C#CCCO)ccc31)[C@H](C(=O)Nc1nc3ccccc3s1)[C@H]1C(=O)O[C@H](c3ccccc3)[C@H](c3ccccc3)N1[C@@H]2c1ccc(O)cc1)c1ccccc1. The first-order valence-corrected chi connectivity index (χ1v) is 22.5. The van der Waals surface area contributed by atoms with Crippen molar-refractivity contribution in [3.05, 3.63) is 191 Å². The zero-order valence-corrected chi connectivity index (χ0v) is 36.4. The molecular formula is C53H43N5O7S. The summed E-state index contributed by atoms with van der Waals surface area (Å²) in [5.41, 5.74) is 2.29. The molecule has 1 aromatic heterocycles. The van der Waals surface area contributed by atoms with Crippen LogP contribution in [-0.2, 0) is 24.5 Å². The van der Waals surface area contributed by atoms with Gasteiger partial charge in [-0.1, -0.05) is 138 Å². The number of phenols is 1. The molecule has 4 amide bonds. The number of morpholine rings is 1. The Morgan fingerprint density at radius 1 is 0.818 bits per heavy atom. The number of imide groups is 1. The Hall–Kier alpha value is -7.63. The minimum atomic E-state index is -2.04. The molecule has 3 aliphatic rings. The summed E-state index contributed by atoms with van der Waals surface area (Å²) in [6.45, 7) is 1.64. The standard InChI is InChI=1S/C53H43N5O7S/c1-32(34-16-5-2-6-17-34)54-52(64)57-41-29-24-33(15-13-14-30-59)31-39(41)53(50(57)63)43(48(61)56-51-55-40-22-11-12-23-42(40)66-51)45-49(62)65-46(36-20-9-4-10-21-36)44(35-18-7-3-8-19-35)58(45)47(53)37-25-27-38(60)28-26-37/h2-12,16-29,31-32,43-47,59-60H,14,30H2,1H3,(H,54,64)(H,55,56,61)/t32-,43+,44+,45+,46-,47-,53+/m1/s1. The van der Waals surface area contributed by atoms with E-state index in [2.05, 4.69) is 22.5 Å². The maximum Gasteiger partial charge on any atom is 0.329 e. The average molecular weight is 894 g/mol. The fourth-order valence-electron chi connectivity index (χ4n) is 10.0. The van der Waals surface area contributed by atoms with Crippen molar-refractivity contribution in [1.82, 2.24) is 15.2 Å². The first kappa shape index (κ1) is 42.3. The second-order valence-corrected chi connectivity index (χ2v) is 17.6. The smallest absolute Gasteiger partial charge is 0.329 e. The molecule has 7 aromatic rings. The van der Waals surface area contributed by atoms with Crippen LogP contribution in [0.1, 0.15) is 71.0 Å². The Morgan fingerprint density at radius 2 is 1.48 bits per heavy atom. The Bertz CT molecular complexity index is 3010. The number of aromatic nitrogens is 1. The molecule has 66 heavy (non-hydrogen) atoms. The van der Waals surface area contributed by atoms with Crippen LogP contribution in [0.3, 0.4) is 0 Å². The Balaban J connectivity index is 1.26. The number of aliphatic hydroxyl groups excluding tert-OH is 1. The van der Waals surface area contributed by atoms with Crippen LogP contribution in [0.25, 0.3) is 10.2 Å². The van der Waals surface area contributed by atoms with Crippen molar-refractivity contribution in [1.29, 1.82) is 0 Å². The van der Waals surface area contributed by atoms with E-state index in [1.807, 2.05) is 127 Å². The molecule has 0 saturated carbocycles. The van der Waals surface area contributed by atoms with Gasteiger partial charge in [0.15, 0.2) is 5.13 Å². The molecule has 7 atom stereocenters. The fraction of sp³-hybridized carbons (Fsp3) is 0.189. The van der Waals surface area contributed by atoms with Gasteiger partial charge in [-0.3, -0.25) is 19.3 Å². The van der Waals surface area contributed by atoms with Crippen LogP contribution in [0.4, 0.5) is 15.6 Å². The van der Waals surface area contributed by atoms with Crippen molar-refractivity contribution in [3.8, 4) is 17.6 Å². The first-order chi connectivity index (χ1) is 32.2. The molecule has 10 rings (SSSR count). The Kier molecular flexibility index (Phi) is 11.2. The molecule has 2 saturated heterocycles. The van der Waals surface area contributed by atoms with Crippen molar-refractivity contribution >= 4 is 56.2 Å². The lowest BCUT2D eigenvalue weighted by Gasteiger charge is -2.46. The number of benzene rings is 6. The molecule has 13 heteroatoms. The summed E-state index contributed by atoms with van der Waals surface area (Å²) in [5.74, 6) is 2.30. The van der Waals surface area contributed by atoms with Crippen LogP contribution in [0.5, 0.6) is 5.75 Å². The number of para-hydroxylation sites is 1. The zero-order valence-electron chi connectivity index (χ0n) is 35.6. The number of rotatable bonds is 8. The third-order valence-corrected chi connectivity index (χ3v) is 13.7. The van der Waals surface area contributed by atoms with E-state index in [4.69, 9.17) is 9.72 Å². The number of thiazole rings is 1. The molecule has 1 spiro atoms. The highest BCUT2D eigenvalue weighted by Crippen LogP contribution is 2.66. The first-order valence-electron chi connectivity index (χ1n) is 21.7. The van der Waals surface area contributed by atoms with Gasteiger partial charge >= 0.3 is 12.0 Å². The average Bonchev–Trinajstić information content (AvgIpc) is 3.98. The minimum absolute atomic E-state index is 0.0391. The van der Waals surface area contributed by atoms with Crippen LogP contribution in [0, 0.1) is 17.8 Å². The molecule has 0 radical (unpaired) electrons. The molecule has 4 N–H and O–H groups in total. The molecule has 0 aliphatic carbocycles. The monoisotopic (exact) mass is 893 g/mol. The number of urea groups is 1. The molecule has 6 aromatic carbocycles. The lowest BCUT2D eigenvalue weighted by atomic mass is 9.65. The number of nitrogens with zero attached hydrogens (tertiary/aromatic N) is 3. The lowest BCUT2D eigenvalue weighted by molar-refractivity contribution is -0.177. The molecule has 0 unspecified atom stereocenters. The summed E-state index contributed by atoms with van der Waals surface area (Å²) < 4.78 is 7.38. The predicted octanol–water partition coefficient (Wildman–Crippen LogP) is 8.51. The fourth-order valence-corrected chi connectivity index (χ4v) is 10.9. The lowest BCUT2D eigenvalue weighted by Crippen LogP contribution is -2.55. The maximum atomic E-state index is 16.5.